The van der Waals surface area contributed by atoms with E-state index in [0.29, 0.717) is 12.3 Å². The summed E-state index contributed by atoms with van der Waals surface area (Å²) in [6.07, 6.45) is 0. The van der Waals surface area contributed by atoms with Crippen molar-refractivity contribution in [1.82, 2.24) is 10.2 Å². The first kappa shape index (κ1) is 15.3. The minimum atomic E-state index is -0.849. The van der Waals surface area contributed by atoms with Crippen LogP contribution in [-0.4, -0.2) is 57.6 Å². The molecule has 5 nitrogen and oxygen atoms in total. The van der Waals surface area contributed by atoms with Crippen LogP contribution < -0.4 is 5.32 Å². The molecule has 104 valence electrons. The van der Waals surface area contributed by atoms with Crippen LogP contribution in [0.2, 0.25) is 0 Å². The molecule has 0 bridgehead atoms. The van der Waals surface area contributed by atoms with Crippen molar-refractivity contribution in [2.45, 2.75) is 45.3 Å². The summed E-state index contributed by atoms with van der Waals surface area (Å²) < 4.78 is 0. The average molecular weight is 274 g/mol. The molecule has 6 heteroatoms. The summed E-state index contributed by atoms with van der Waals surface area (Å²) in [6, 6.07) is -0.976. The Hall–Kier alpha value is -0.750. The molecule has 18 heavy (non-hydrogen) atoms. The Kier molecular flexibility index (Phi) is 5.04. The Morgan fingerprint density at radius 3 is 2.56 bits per heavy atom. The quantitative estimate of drug-likeness (QED) is 0.796. The van der Waals surface area contributed by atoms with E-state index in [1.807, 2.05) is 20.8 Å². The SMILES string of the molecule is CC(C(=O)NC(C)(C)C)N1CCSCC1C(=O)O. The number of nitrogens with zero attached hydrogens (tertiary/aromatic N) is 1. The van der Waals surface area contributed by atoms with Gasteiger partial charge in [0.15, 0.2) is 0 Å². The van der Waals surface area contributed by atoms with Gasteiger partial charge in [-0.05, 0) is 27.7 Å². The van der Waals surface area contributed by atoms with Crippen LogP contribution in [0.1, 0.15) is 27.7 Å². The van der Waals surface area contributed by atoms with Crippen molar-refractivity contribution in [3.05, 3.63) is 0 Å². The van der Waals surface area contributed by atoms with E-state index in [1.54, 1.807) is 23.6 Å². The first-order valence-electron chi connectivity index (χ1n) is 6.10. The Labute approximate surface area is 112 Å². The van der Waals surface area contributed by atoms with E-state index >= 15 is 0 Å². The predicted octanol–water partition coefficient (Wildman–Crippen LogP) is 0.792. The smallest absolute Gasteiger partial charge is 0.321 e. The van der Waals surface area contributed by atoms with Crippen molar-refractivity contribution in [2.24, 2.45) is 0 Å². The summed E-state index contributed by atoms with van der Waals surface area (Å²) in [5.74, 6) is 0.456. The number of aliphatic carboxylic acids is 1. The van der Waals surface area contributed by atoms with Gasteiger partial charge in [-0.25, -0.2) is 0 Å². The van der Waals surface area contributed by atoms with Crippen LogP contribution in [-0.2, 0) is 9.59 Å². The van der Waals surface area contributed by atoms with E-state index in [4.69, 9.17) is 0 Å². The molecule has 0 aromatic rings. The number of hydrogen-bond acceptors (Lipinski definition) is 4. The summed E-state index contributed by atoms with van der Waals surface area (Å²) in [7, 11) is 0. The van der Waals surface area contributed by atoms with Crippen molar-refractivity contribution in [1.29, 1.82) is 0 Å². The van der Waals surface area contributed by atoms with Gasteiger partial charge in [-0.2, -0.15) is 11.8 Å². The van der Waals surface area contributed by atoms with Crippen molar-refractivity contribution in [3.63, 3.8) is 0 Å². The summed E-state index contributed by atoms with van der Waals surface area (Å²) in [5, 5.41) is 12.1. The van der Waals surface area contributed by atoms with Gasteiger partial charge in [-0.15, -0.1) is 0 Å². The van der Waals surface area contributed by atoms with Crippen molar-refractivity contribution in [3.8, 4) is 0 Å². The molecule has 1 rings (SSSR count). The number of rotatable bonds is 3. The van der Waals surface area contributed by atoms with E-state index in [0.717, 1.165) is 5.75 Å². The number of carbonyl (C=O) groups is 2. The molecule has 2 unspecified atom stereocenters. The lowest BCUT2D eigenvalue weighted by Crippen LogP contribution is -2.58. The number of carboxylic acid groups (broad SMARTS) is 1. The van der Waals surface area contributed by atoms with Gasteiger partial charge in [0.25, 0.3) is 0 Å². The van der Waals surface area contributed by atoms with Gasteiger partial charge in [0.2, 0.25) is 5.91 Å². The average Bonchev–Trinajstić information content (AvgIpc) is 2.25. The third-order valence-electron chi connectivity index (χ3n) is 2.83. The molecule has 0 aromatic carbocycles. The van der Waals surface area contributed by atoms with E-state index in [9.17, 15) is 14.7 Å². The topological polar surface area (TPSA) is 69.6 Å². The van der Waals surface area contributed by atoms with Crippen LogP contribution in [0.4, 0.5) is 0 Å². The normalized spacial score (nSPS) is 23.4. The zero-order chi connectivity index (χ0) is 13.9. The molecular formula is C12H22N2O3S. The van der Waals surface area contributed by atoms with E-state index < -0.39 is 18.1 Å². The lowest BCUT2D eigenvalue weighted by Gasteiger charge is -2.37. The number of carboxylic acids is 1. The summed E-state index contributed by atoms with van der Waals surface area (Å²) in [6.45, 7) is 8.16. The van der Waals surface area contributed by atoms with Crippen LogP contribution in [0.25, 0.3) is 0 Å². The molecule has 1 saturated heterocycles. The fourth-order valence-corrected chi connectivity index (χ4v) is 2.98. The lowest BCUT2D eigenvalue weighted by atomic mass is 10.1. The molecule has 0 spiro atoms. The first-order chi connectivity index (χ1) is 8.22. The molecule has 1 fully saturated rings. The number of amides is 1. The third kappa shape index (κ3) is 4.17. The van der Waals surface area contributed by atoms with Crippen LogP contribution in [0, 0.1) is 0 Å². The van der Waals surface area contributed by atoms with Crippen molar-refractivity contribution < 1.29 is 14.7 Å². The van der Waals surface area contributed by atoms with Crippen molar-refractivity contribution >= 4 is 23.6 Å². The molecule has 0 radical (unpaired) electrons. The maximum atomic E-state index is 12.1. The van der Waals surface area contributed by atoms with E-state index in [-0.39, 0.29) is 11.4 Å². The highest BCUT2D eigenvalue weighted by Crippen LogP contribution is 2.19. The first-order valence-corrected chi connectivity index (χ1v) is 7.26. The molecule has 0 aliphatic carbocycles. The number of hydrogen-bond donors (Lipinski definition) is 2. The van der Waals surface area contributed by atoms with Crippen LogP contribution >= 0.6 is 11.8 Å². The minimum absolute atomic E-state index is 0.111. The Morgan fingerprint density at radius 1 is 1.44 bits per heavy atom. The summed E-state index contributed by atoms with van der Waals surface area (Å²) >= 11 is 1.62. The van der Waals surface area contributed by atoms with Crippen LogP contribution in [0.3, 0.4) is 0 Å². The fourth-order valence-electron chi connectivity index (χ4n) is 1.92. The predicted molar refractivity (Wildman–Crippen MR) is 72.8 cm³/mol. The number of nitrogens with one attached hydrogen (secondary N) is 1. The standard InChI is InChI=1S/C12H22N2O3S/c1-8(10(15)13-12(2,3)4)14-5-6-18-7-9(14)11(16)17/h8-9H,5-7H2,1-4H3,(H,13,15)(H,16,17). The van der Waals surface area contributed by atoms with Gasteiger partial charge in [0, 0.05) is 23.6 Å². The van der Waals surface area contributed by atoms with E-state index in [2.05, 4.69) is 5.32 Å². The van der Waals surface area contributed by atoms with Gasteiger partial charge in [0.05, 0.1) is 6.04 Å². The van der Waals surface area contributed by atoms with E-state index in [1.165, 1.54) is 0 Å². The second-order valence-electron chi connectivity index (χ2n) is 5.58. The summed E-state index contributed by atoms with van der Waals surface area (Å²) in [4.78, 5) is 25.0. The Morgan fingerprint density at radius 2 is 2.06 bits per heavy atom. The molecule has 1 aliphatic rings. The van der Waals surface area contributed by atoms with Crippen LogP contribution in [0.5, 0.6) is 0 Å². The molecule has 0 saturated carbocycles. The van der Waals surface area contributed by atoms with Gasteiger partial charge in [-0.3, -0.25) is 14.5 Å². The molecule has 2 N–H and O–H groups in total. The largest absolute Gasteiger partial charge is 0.480 e. The minimum Gasteiger partial charge on any atom is -0.480 e. The fraction of sp³-hybridized carbons (Fsp3) is 0.833. The van der Waals surface area contributed by atoms with Gasteiger partial charge in [0.1, 0.15) is 6.04 Å². The maximum absolute atomic E-state index is 12.1. The summed E-state index contributed by atoms with van der Waals surface area (Å²) in [5.41, 5.74) is -0.297. The highest BCUT2D eigenvalue weighted by Gasteiger charge is 2.35. The zero-order valence-corrected chi connectivity index (χ0v) is 12.2. The Balaban J connectivity index is 2.71. The van der Waals surface area contributed by atoms with Gasteiger partial charge >= 0.3 is 5.97 Å². The second kappa shape index (κ2) is 5.93. The molecule has 1 heterocycles. The van der Waals surface area contributed by atoms with Crippen LogP contribution in [0.15, 0.2) is 0 Å². The van der Waals surface area contributed by atoms with Gasteiger partial charge in [-0.1, -0.05) is 0 Å². The Bertz CT molecular complexity index is 328. The molecular weight excluding hydrogens is 252 g/mol. The number of carbonyl (C=O) groups excluding carboxylic acids is 1. The van der Waals surface area contributed by atoms with Gasteiger partial charge < -0.3 is 10.4 Å². The maximum Gasteiger partial charge on any atom is 0.321 e. The molecule has 2 atom stereocenters. The highest BCUT2D eigenvalue weighted by molar-refractivity contribution is 7.99. The highest BCUT2D eigenvalue weighted by atomic mass is 32.2. The second-order valence-corrected chi connectivity index (χ2v) is 6.73. The monoisotopic (exact) mass is 274 g/mol. The molecule has 0 aromatic heterocycles. The molecule has 1 aliphatic heterocycles. The third-order valence-corrected chi connectivity index (χ3v) is 3.85. The lowest BCUT2D eigenvalue weighted by molar-refractivity contribution is -0.144. The van der Waals surface area contributed by atoms with Crippen molar-refractivity contribution in [2.75, 3.05) is 18.1 Å². The molecule has 1 amide bonds. The number of thioether (sulfide) groups is 1. The zero-order valence-electron chi connectivity index (χ0n) is 11.4.